The molecule has 0 bridgehead atoms. The van der Waals surface area contributed by atoms with Gasteiger partial charge in [0.1, 0.15) is 22.0 Å². The van der Waals surface area contributed by atoms with E-state index in [-0.39, 0.29) is 23.2 Å². The highest BCUT2D eigenvalue weighted by Gasteiger charge is 2.33. The first kappa shape index (κ1) is 27.8. The van der Waals surface area contributed by atoms with Gasteiger partial charge in [0.15, 0.2) is 0 Å². The molecule has 2 aliphatic rings. The number of esters is 1. The second kappa shape index (κ2) is 11.5. The van der Waals surface area contributed by atoms with Crippen molar-refractivity contribution in [1.82, 2.24) is 15.0 Å². The maximum absolute atomic E-state index is 12.8. The zero-order valence-corrected chi connectivity index (χ0v) is 24.8. The number of hydrogen-bond donors (Lipinski definition) is 1. The van der Waals surface area contributed by atoms with Gasteiger partial charge in [-0.2, -0.15) is 0 Å². The van der Waals surface area contributed by atoms with Crippen LogP contribution in [0.25, 0.3) is 20.4 Å². The molecule has 2 aliphatic heterocycles. The van der Waals surface area contributed by atoms with Gasteiger partial charge in [-0.25, -0.2) is 19.7 Å². The standard InChI is InChI=1S/C29H31N5O5S2/c1-4-38-28(36)17-5-7-18(8-6-17)32-21(35)15-40-27-24-23(30-16-31-27)22-19-13-29(2,3)39-14-20(19)25(33-26(22)41-24)34-9-11-37-12-10-34/h5-8,16H,4,9-15H2,1-3H3,(H,32,35). The van der Waals surface area contributed by atoms with Crippen molar-refractivity contribution in [3.05, 3.63) is 47.3 Å². The SMILES string of the molecule is CCOC(=O)c1ccc(NC(=O)CSc2ncnc3c2sc2nc(N4CCOCC4)c4c(c23)CC(C)(C)OC4)cc1. The van der Waals surface area contributed by atoms with E-state index in [0.29, 0.717) is 37.7 Å². The largest absolute Gasteiger partial charge is 0.462 e. The van der Waals surface area contributed by atoms with Crippen LogP contribution in [0.4, 0.5) is 11.5 Å². The van der Waals surface area contributed by atoms with E-state index in [1.165, 1.54) is 17.3 Å². The van der Waals surface area contributed by atoms with Gasteiger partial charge < -0.3 is 24.4 Å². The van der Waals surface area contributed by atoms with Gasteiger partial charge in [-0.1, -0.05) is 11.8 Å². The summed E-state index contributed by atoms with van der Waals surface area (Å²) >= 11 is 2.94. The number of benzene rings is 1. The molecule has 6 rings (SSSR count). The van der Waals surface area contributed by atoms with Crippen LogP contribution in [-0.2, 0) is 32.0 Å². The van der Waals surface area contributed by atoms with Gasteiger partial charge in [0, 0.05) is 36.1 Å². The highest BCUT2D eigenvalue weighted by Crippen LogP contribution is 2.44. The molecule has 1 fully saturated rings. The van der Waals surface area contributed by atoms with Crippen LogP contribution < -0.4 is 10.2 Å². The normalized spacial score (nSPS) is 16.5. The number of ether oxygens (including phenoxy) is 3. The van der Waals surface area contributed by atoms with Crippen LogP contribution in [0.15, 0.2) is 35.6 Å². The Morgan fingerprint density at radius 3 is 2.68 bits per heavy atom. The van der Waals surface area contributed by atoms with E-state index in [2.05, 4.69) is 29.0 Å². The molecule has 1 N–H and O–H groups in total. The third-order valence-electron chi connectivity index (χ3n) is 7.10. The number of morpholine rings is 1. The first-order valence-corrected chi connectivity index (χ1v) is 15.4. The van der Waals surface area contributed by atoms with Crippen molar-refractivity contribution in [2.45, 2.75) is 44.4 Å². The molecule has 0 unspecified atom stereocenters. The fraction of sp³-hybridized carbons (Fsp3) is 0.414. The zero-order valence-electron chi connectivity index (χ0n) is 23.2. The van der Waals surface area contributed by atoms with Crippen LogP contribution in [0.5, 0.6) is 0 Å². The Morgan fingerprint density at radius 2 is 1.93 bits per heavy atom. The van der Waals surface area contributed by atoms with Gasteiger partial charge in [0.25, 0.3) is 0 Å². The lowest BCUT2D eigenvalue weighted by Gasteiger charge is -2.36. The fourth-order valence-electron chi connectivity index (χ4n) is 5.14. The summed E-state index contributed by atoms with van der Waals surface area (Å²) in [5.74, 6) is 0.580. The van der Waals surface area contributed by atoms with Crippen molar-refractivity contribution in [2.24, 2.45) is 0 Å². The minimum Gasteiger partial charge on any atom is -0.462 e. The lowest BCUT2D eigenvalue weighted by molar-refractivity contribution is -0.113. The van der Waals surface area contributed by atoms with Gasteiger partial charge in [0.2, 0.25) is 5.91 Å². The van der Waals surface area contributed by atoms with Crippen molar-refractivity contribution >= 4 is 66.9 Å². The van der Waals surface area contributed by atoms with Crippen LogP contribution in [-0.4, -0.2) is 71.1 Å². The first-order valence-electron chi connectivity index (χ1n) is 13.6. The van der Waals surface area contributed by atoms with Crippen molar-refractivity contribution < 1.29 is 23.8 Å². The Morgan fingerprint density at radius 1 is 1.15 bits per heavy atom. The van der Waals surface area contributed by atoms with E-state index in [1.54, 1.807) is 48.9 Å². The molecule has 0 radical (unpaired) electrons. The molecule has 1 saturated heterocycles. The molecule has 3 aromatic heterocycles. The maximum atomic E-state index is 12.8. The summed E-state index contributed by atoms with van der Waals surface area (Å²) in [6.45, 7) is 9.75. The molecule has 1 amide bonds. The molecule has 0 saturated carbocycles. The summed E-state index contributed by atoms with van der Waals surface area (Å²) in [4.78, 5) is 42.2. The third kappa shape index (κ3) is 5.74. The molecule has 0 atom stereocenters. The average Bonchev–Trinajstić information content (AvgIpc) is 3.35. The summed E-state index contributed by atoms with van der Waals surface area (Å²) in [6.07, 6.45) is 2.32. The monoisotopic (exact) mass is 593 g/mol. The molecular weight excluding hydrogens is 562 g/mol. The van der Waals surface area contributed by atoms with E-state index in [1.807, 2.05) is 0 Å². The predicted molar refractivity (Wildman–Crippen MR) is 160 cm³/mol. The van der Waals surface area contributed by atoms with Gasteiger partial charge in [-0.15, -0.1) is 11.3 Å². The van der Waals surface area contributed by atoms with Crippen molar-refractivity contribution in [2.75, 3.05) is 48.9 Å². The van der Waals surface area contributed by atoms with Gasteiger partial charge in [-0.3, -0.25) is 4.79 Å². The number of amides is 1. The Kier molecular flexibility index (Phi) is 7.82. The van der Waals surface area contributed by atoms with Crippen LogP contribution in [0.2, 0.25) is 0 Å². The van der Waals surface area contributed by atoms with Crippen molar-refractivity contribution in [3.8, 4) is 0 Å². The van der Waals surface area contributed by atoms with Gasteiger partial charge >= 0.3 is 5.97 Å². The molecule has 0 spiro atoms. The number of pyridine rings is 1. The smallest absolute Gasteiger partial charge is 0.338 e. The zero-order chi connectivity index (χ0) is 28.6. The highest BCUT2D eigenvalue weighted by molar-refractivity contribution is 8.00. The number of thioether (sulfide) groups is 1. The number of hydrogen-bond acceptors (Lipinski definition) is 11. The summed E-state index contributed by atoms with van der Waals surface area (Å²) < 4.78 is 17.8. The van der Waals surface area contributed by atoms with Crippen LogP contribution in [0.3, 0.4) is 0 Å². The second-order valence-corrected chi connectivity index (χ2v) is 12.5. The Bertz CT molecular complexity index is 1620. The molecule has 41 heavy (non-hydrogen) atoms. The Balaban J connectivity index is 1.27. The minimum atomic E-state index is -0.388. The van der Waals surface area contributed by atoms with Crippen LogP contribution in [0.1, 0.15) is 42.3 Å². The van der Waals surface area contributed by atoms with E-state index < -0.39 is 0 Å². The van der Waals surface area contributed by atoms with E-state index in [9.17, 15) is 9.59 Å². The van der Waals surface area contributed by atoms with Crippen molar-refractivity contribution in [1.29, 1.82) is 0 Å². The fourth-order valence-corrected chi connectivity index (χ4v) is 7.17. The predicted octanol–water partition coefficient (Wildman–Crippen LogP) is 4.83. The summed E-state index contributed by atoms with van der Waals surface area (Å²) in [7, 11) is 0. The number of nitrogens with one attached hydrogen (secondary N) is 1. The van der Waals surface area contributed by atoms with Crippen LogP contribution in [0, 0.1) is 0 Å². The number of fused-ring (bicyclic) bond motifs is 5. The number of rotatable bonds is 7. The number of nitrogens with zero attached hydrogens (tertiary/aromatic N) is 4. The Hall–Kier alpha value is -3.32. The topological polar surface area (TPSA) is 116 Å². The molecule has 0 aliphatic carbocycles. The molecule has 4 aromatic rings. The number of aromatic nitrogens is 3. The summed E-state index contributed by atoms with van der Waals surface area (Å²) in [5, 5.41) is 4.69. The van der Waals surface area contributed by atoms with E-state index in [4.69, 9.17) is 24.2 Å². The lowest BCUT2D eigenvalue weighted by atomic mass is 9.90. The number of thiophene rings is 1. The number of carbonyl (C=O) groups is 2. The second-order valence-electron chi connectivity index (χ2n) is 10.5. The summed E-state index contributed by atoms with van der Waals surface area (Å²) in [5.41, 5.74) is 3.98. The first-order chi connectivity index (χ1) is 19.8. The molecule has 214 valence electrons. The minimum absolute atomic E-state index is 0.171. The summed E-state index contributed by atoms with van der Waals surface area (Å²) in [6, 6.07) is 6.65. The Labute approximate surface area is 245 Å². The van der Waals surface area contributed by atoms with Gasteiger partial charge in [0.05, 0.1) is 53.6 Å². The molecule has 1 aromatic carbocycles. The number of anilines is 2. The number of carbonyl (C=O) groups excluding carboxylic acids is 2. The highest BCUT2D eigenvalue weighted by atomic mass is 32.2. The molecule has 12 heteroatoms. The maximum Gasteiger partial charge on any atom is 0.338 e. The lowest BCUT2D eigenvalue weighted by Crippen LogP contribution is -2.39. The quantitative estimate of drug-likeness (QED) is 0.181. The molecule has 5 heterocycles. The van der Waals surface area contributed by atoms with Gasteiger partial charge in [-0.05, 0) is 50.6 Å². The van der Waals surface area contributed by atoms with Crippen molar-refractivity contribution in [3.63, 3.8) is 0 Å². The third-order valence-corrected chi connectivity index (χ3v) is 9.30. The van der Waals surface area contributed by atoms with Crippen LogP contribution >= 0.6 is 23.1 Å². The molecule has 10 nitrogen and oxygen atoms in total. The van der Waals surface area contributed by atoms with E-state index in [0.717, 1.165) is 56.4 Å². The molecular formula is C29H31N5O5S2. The van der Waals surface area contributed by atoms with E-state index >= 15 is 0 Å². The average molecular weight is 594 g/mol.